The Kier molecular flexibility index (Phi) is 4.14. The summed E-state index contributed by atoms with van der Waals surface area (Å²) < 4.78 is 7.63. The molecule has 1 N–H and O–H groups in total. The highest BCUT2D eigenvalue weighted by Gasteiger charge is 2.25. The molecule has 3 rings (SSSR count). The van der Waals surface area contributed by atoms with Crippen molar-refractivity contribution in [1.82, 2.24) is 19.5 Å². The van der Waals surface area contributed by atoms with Crippen molar-refractivity contribution in [2.24, 2.45) is 0 Å². The van der Waals surface area contributed by atoms with Gasteiger partial charge >= 0.3 is 0 Å². The number of ether oxygens (including phenoxy) is 1. The molecular weight excluding hydrogens is 286 g/mol. The Morgan fingerprint density at radius 1 is 1.43 bits per heavy atom. The number of fused-ring (bicyclic) bond motifs is 1. The van der Waals surface area contributed by atoms with Crippen molar-refractivity contribution >= 4 is 21.4 Å². The van der Waals surface area contributed by atoms with Crippen LogP contribution in [0.1, 0.15) is 26.5 Å². The SMILES string of the molecule is Cc1cn2nc(NC[C@H](C)N3C[C@@H](C)O[C@@H](C)C3)sc2n1. The molecule has 0 bridgehead atoms. The lowest BCUT2D eigenvalue weighted by Gasteiger charge is -2.38. The van der Waals surface area contributed by atoms with E-state index < -0.39 is 0 Å². The molecule has 0 unspecified atom stereocenters. The summed E-state index contributed by atoms with van der Waals surface area (Å²) in [4.78, 5) is 7.84. The Balaban J connectivity index is 1.57. The summed E-state index contributed by atoms with van der Waals surface area (Å²) in [5.41, 5.74) is 1.00. The molecule has 1 aliphatic rings. The summed E-state index contributed by atoms with van der Waals surface area (Å²) in [6, 6.07) is 0.455. The number of aryl methyl sites for hydroxylation is 1. The lowest BCUT2D eigenvalue weighted by atomic mass is 10.2. The Hall–Kier alpha value is -1.18. The van der Waals surface area contributed by atoms with Gasteiger partial charge in [0.25, 0.3) is 0 Å². The first-order chi connectivity index (χ1) is 10.0. The second-order valence-electron chi connectivity index (χ2n) is 5.96. The van der Waals surface area contributed by atoms with Gasteiger partial charge in [-0.25, -0.2) is 9.50 Å². The average molecular weight is 309 g/mol. The molecular formula is C14H23N5OS. The molecule has 1 saturated heterocycles. The van der Waals surface area contributed by atoms with Gasteiger partial charge in [0, 0.05) is 25.7 Å². The maximum atomic E-state index is 5.79. The third kappa shape index (κ3) is 3.36. The number of anilines is 1. The van der Waals surface area contributed by atoms with Crippen LogP contribution in [0.15, 0.2) is 6.20 Å². The molecule has 7 heteroatoms. The van der Waals surface area contributed by atoms with E-state index >= 15 is 0 Å². The zero-order valence-corrected chi connectivity index (χ0v) is 13.9. The molecule has 2 aromatic heterocycles. The average Bonchev–Trinajstić information content (AvgIpc) is 2.91. The molecule has 116 valence electrons. The quantitative estimate of drug-likeness (QED) is 0.936. The Labute approximate surface area is 129 Å². The topological polar surface area (TPSA) is 54.7 Å². The van der Waals surface area contributed by atoms with Crippen molar-refractivity contribution in [3.8, 4) is 0 Å². The molecule has 0 amide bonds. The summed E-state index contributed by atoms with van der Waals surface area (Å²) in [6.07, 6.45) is 2.57. The maximum absolute atomic E-state index is 5.79. The zero-order valence-electron chi connectivity index (χ0n) is 13.0. The molecule has 0 saturated carbocycles. The predicted octanol–water partition coefficient (Wildman–Crippen LogP) is 2.01. The second kappa shape index (κ2) is 5.90. The molecule has 1 fully saturated rings. The van der Waals surface area contributed by atoms with Gasteiger partial charge in [-0.05, 0) is 27.7 Å². The fourth-order valence-corrected chi connectivity index (χ4v) is 3.66. The van der Waals surface area contributed by atoms with Crippen molar-refractivity contribution in [2.45, 2.75) is 45.9 Å². The van der Waals surface area contributed by atoms with Gasteiger partial charge < -0.3 is 10.1 Å². The molecule has 0 aliphatic carbocycles. The van der Waals surface area contributed by atoms with Crippen molar-refractivity contribution in [3.05, 3.63) is 11.9 Å². The maximum Gasteiger partial charge on any atom is 0.214 e. The van der Waals surface area contributed by atoms with Crippen LogP contribution in [-0.2, 0) is 4.74 Å². The summed E-state index contributed by atoms with van der Waals surface area (Å²) in [5, 5.41) is 8.86. The summed E-state index contributed by atoms with van der Waals surface area (Å²) in [5.74, 6) is 0. The molecule has 0 aromatic carbocycles. The van der Waals surface area contributed by atoms with E-state index in [1.807, 2.05) is 17.6 Å². The molecule has 21 heavy (non-hydrogen) atoms. The van der Waals surface area contributed by atoms with E-state index in [9.17, 15) is 0 Å². The smallest absolute Gasteiger partial charge is 0.214 e. The van der Waals surface area contributed by atoms with Gasteiger partial charge in [0.2, 0.25) is 10.1 Å². The van der Waals surface area contributed by atoms with E-state index in [0.717, 1.165) is 35.4 Å². The largest absolute Gasteiger partial charge is 0.373 e. The number of hydrogen-bond donors (Lipinski definition) is 1. The number of morpholine rings is 1. The number of nitrogens with zero attached hydrogens (tertiary/aromatic N) is 4. The van der Waals surface area contributed by atoms with E-state index in [1.165, 1.54) is 0 Å². The minimum atomic E-state index is 0.308. The third-order valence-corrected chi connectivity index (χ3v) is 4.66. The lowest BCUT2D eigenvalue weighted by Crippen LogP contribution is -2.50. The molecule has 3 atom stereocenters. The molecule has 0 radical (unpaired) electrons. The van der Waals surface area contributed by atoms with Gasteiger partial charge in [0.15, 0.2) is 0 Å². The van der Waals surface area contributed by atoms with Crippen molar-refractivity contribution < 1.29 is 4.74 Å². The van der Waals surface area contributed by atoms with Crippen molar-refractivity contribution in [2.75, 3.05) is 25.0 Å². The third-order valence-electron chi connectivity index (χ3n) is 3.78. The van der Waals surface area contributed by atoms with Crippen LogP contribution in [0.5, 0.6) is 0 Å². The monoisotopic (exact) mass is 309 g/mol. The number of hydrogen-bond acceptors (Lipinski definition) is 6. The van der Waals surface area contributed by atoms with Crippen molar-refractivity contribution in [3.63, 3.8) is 0 Å². The van der Waals surface area contributed by atoms with Gasteiger partial charge in [-0.1, -0.05) is 11.3 Å². The number of aromatic nitrogens is 3. The predicted molar refractivity (Wildman–Crippen MR) is 85.1 cm³/mol. The van der Waals surface area contributed by atoms with E-state index in [4.69, 9.17) is 4.74 Å². The summed E-state index contributed by atoms with van der Waals surface area (Å²) in [7, 11) is 0. The first-order valence-electron chi connectivity index (χ1n) is 7.47. The first-order valence-corrected chi connectivity index (χ1v) is 8.29. The van der Waals surface area contributed by atoms with Crippen LogP contribution in [0, 0.1) is 6.92 Å². The van der Waals surface area contributed by atoms with E-state index in [-0.39, 0.29) is 0 Å². The highest BCUT2D eigenvalue weighted by Crippen LogP contribution is 2.19. The van der Waals surface area contributed by atoms with E-state index in [2.05, 4.69) is 41.1 Å². The minimum Gasteiger partial charge on any atom is -0.373 e. The van der Waals surface area contributed by atoms with Crippen LogP contribution in [0.4, 0.5) is 5.13 Å². The minimum absolute atomic E-state index is 0.308. The number of nitrogens with one attached hydrogen (secondary N) is 1. The molecule has 0 spiro atoms. The van der Waals surface area contributed by atoms with E-state index in [0.29, 0.717) is 18.2 Å². The molecule has 1 aliphatic heterocycles. The molecule has 2 aromatic rings. The zero-order chi connectivity index (χ0) is 15.0. The second-order valence-corrected chi connectivity index (χ2v) is 6.91. The van der Waals surface area contributed by atoms with Gasteiger partial charge in [0.1, 0.15) is 0 Å². The lowest BCUT2D eigenvalue weighted by molar-refractivity contribution is -0.0769. The van der Waals surface area contributed by atoms with Gasteiger partial charge in [0.05, 0.1) is 24.1 Å². The normalized spacial score (nSPS) is 25.3. The van der Waals surface area contributed by atoms with Gasteiger partial charge in [-0.15, -0.1) is 5.10 Å². The highest BCUT2D eigenvalue weighted by atomic mass is 32.1. The standard InChI is InChI=1S/C14H23N5OS/c1-9-6-19-14(16-9)21-13(17-19)15-5-10(2)18-7-11(3)20-12(4)8-18/h6,10-12H,5,7-8H2,1-4H3,(H,15,17)/t10-,11-,12+/m0/s1. The Morgan fingerprint density at radius 2 is 2.14 bits per heavy atom. The number of rotatable bonds is 4. The van der Waals surface area contributed by atoms with Crippen LogP contribution < -0.4 is 5.32 Å². The van der Waals surface area contributed by atoms with Crippen LogP contribution >= 0.6 is 11.3 Å². The number of imidazole rings is 1. The van der Waals surface area contributed by atoms with E-state index in [1.54, 1.807) is 11.3 Å². The molecule has 3 heterocycles. The van der Waals surface area contributed by atoms with Crippen LogP contribution in [-0.4, -0.2) is 57.4 Å². The first kappa shape index (κ1) is 14.7. The fourth-order valence-electron chi connectivity index (χ4n) is 2.82. The van der Waals surface area contributed by atoms with Gasteiger partial charge in [-0.2, -0.15) is 0 Å². The summed E-state index contributed by atoms with van der Waals surface area (Å²) >= 11 is 1.59. The van der Waals surface area contributed by atoms with Crippen molar-refractivity contribution in [1.29, 1.82) is 0 Å². The van der Waals surface area contributed by atoms with Crippen LogP contribution in [0.25, 0.3) is 4.96 Å². The highest BCUT2D eigenvalue weighted by molar-refractivity contribution is 7.20. The van der Waals surface area contributed by atoms with Crippen LogP contribution in [0.3, 0.4) is 0 Å². The van der Waals surface area contributed by atoms with Gasteiger partial charge in [-0.3, -0.25) is 4.90 Å². The Morgan fingerprint density at radius 3 is 2.81 bits per heavy atom. The Bertz CT molecular complexity index is 568. The summed E-state index contributed by atoms with van der Waals surface area (Å²) in [6.45, 7) is 11.4. The molecule has 6 nitrogen and oxygen atoms in total. The fraction of sp³-hybridized carbons (Fsp3) is 0.714. The van der Waals surface area contributed by atoms with Crippen LogP contribution in [0.2, 0.25) is 0 Å².